The first kappa shape index (κ1) is 15.2. The second-order valence-electron chi connectivity index (χ2n) is 4.40. The van der Waals surface area contributed by atoms with Crippen LogP contribution in [-0.4, -0.2) is 24.3 Å². The SMILES string of the molecule is COc1cc(F)cc(C(N)CC(=O)O)c1OC(C)C. The highest BCUT2D eigenvalue weighted by Gasteiger charge is 2.21. The molecule has 0 aromatic heterocycles. The molecule has 5 nitrogen and oxygen atoms in total. The van der Waals surface area contributed by atoms with Crippen molar-refractivity contribution in [3.8, 4) is 11.5 Å². The number of carboxylic acid groups (broad SMARTS) is 1. The highest BCUT2D eigenvalue weighted by atomic mass is 19.1. The molecule has 19 heavy (non-hydrogen) atoms. The summed E-state index contributed by atoms with van der Waals surface area (Å²) < 4.78 is 24.1. The normalized spacial score (nSPS) is 12.3. The Labute approximate surface area is 111 Å². The lowest BCUT2D eigenvalue weighted by Crippen LogP contribution is -2.18. The summed E-state index contributed by atoms with van der Waals surface area (Å²) in [4.78, 5) is 10.7. The minimum absolute atomic E-state index is 0.171. The van der Waals surface area contributed by atoms with Crippen LogP contribution in [0.25, 0.3) is 0 Å². The third kappa shape index (κ3) is 4.10. The van der Waals surface area contributed by atoms with E-state index < -0.39 is 17.8 Å². The maximum absolute atomic E-state index is 13.5. The van der Waals surface area contributed by atoms with Gasteiger partial charge < -0.3 is 20.3 Å². The molecular weight excluding hydrogens is 253 g/mol. The fraction of sp³-hybridized carbons (Fsp3) is 0.462. The first-order valence-corrected chi connectivity index (χ1v) is 5.86. The minimum atomic E-state index is -1.06. The predicted molar refractivity (Wildman–Crippen MR) is 67.9 cm³/mol. The van der Waals surface area contributed by atoms with Gasteiger partial charge in [-0.25, -0.2) is 4.39 Å². The molecule has 106 valence electrons. The summed E-state index contributed by atoms with van der Waals surface area (Å²) in [5.74, 6) is -1.13. The average molecular weight is 271 g/mol. The van der Waals surface area contributed by atoms with Gasteiger partial charge in [0.15, 0.2) is 11.5 Å². The van der Waals surface area contributed by atoms with E-state index in [1.807, 2.05) is 0 Å². The van der Waals surface area contributed by atoms with Gasteiger partial charge in [0, 0.05) is 17.7 Å². The summed E-state index contributed by atoms with van der Waals surface area (Å²) in [6.45, 7) is 3.60. The van der Waals surface area contributed by atoms with E-state index in [0.29, 0.717) is 0 Å². The molecule has 0 radical (unpaired) electrons. The maximum atomic E-state index is 13.5. The van der Waals surface area contributed by atoms with E-state index in [2.05, 4.69) is 0 Å². The van der Waals surface area contributed by atoms with E-state index in [1.165, 1.54) is 19.2 Å². The Morgan fingerprint density at radius 3 is 2.58 bits per heavy atom. The molecule has 6 heteroatoms. The summed E-state index contributed by atoms with van der Waals surface area (Å²) in [5, 5.41) is 8.77. The lowest BCUT2D eigenvalue weighted by atomic mass is 10.0. The van der Waals surface area contributed by atoms with Gasteiger partial charge in [0.25, 0.3) is 0 Å². The van der Waals surface area contributed by atoms with Crippen molar-refractivity contribution in [2.45, 2.75) is 32.4 Å². The van der Waals surface area contributed by atoms with Crippen molar-refractivity contribution in [2.75, 3.05) is 7.11 Å². The number of hydrogen-bond donors (Lipinski definition) is 2. The topological polar surface area (TPSA) is 81.8 Å². The molecule has 3 N–H and O–H groups in total. The molecule has 1 aromatic rings. The molecule has 0 aliphatic carbocycles. The van der Waals surface area contributed by atoms with E-state index >= 15 is 0 Å². The van der Waals surface area contributed by atoms with Gasteiger partial charge in [-0.05, 0) is 19.9 Å². The monoisotopic (exact) mass is 271 g/mol. The molecule has 1 atom stereocenters. The van der Waals surface area contributed by atoms with Crippen LogP contribution in [0.15, 0.2) is 12.1 Å². The molecule has 0 amide bonds. The summed E-state index contributed by atoms with van der Waals surface area (Å²) in [6.07, 6.45) is -0.490. The summed E-state index contributed by atoms with van der Waals surface area (Å²) >= 11 is 0. The Balaban J connectivity index is 3.25. The molecule has 0 saturated heterocycles. The van der Waals surface area contributed by atoms with E-state index in [1.54, 1.807) is 13.8 Å². The van der Waals surface area contributed by atoms with Crippen LogP contribution in [0.5, 0.6) is 11.5 Å². The molecule has 0 saturated carbocycles. The number of halogens is 1. The highest BCUT2D eigenvalue weighted by molar-refractivity contribution is 5.68. The number of ether oxygens (including phenoxy) is 2. The van der Waals surface area contributed by atoms with Gasteiger partial charge in [0.2, 0.25) is 0 Å². The molecule has 0 bridgehead atoms. The second-order valence-corrected chi connectivity index (χ2v) is 4.40. The molecule has 1 rings (SSSR count). The molecule has 0 spiro atoms. The van der Waals surface area contributed by atoms with Gasteiger partial charge in [0.05, 0.1) is 19.6 Å². The zero-order valence-corrected chi connectivity index (χ0v) is 11.1. The summed E-state index contributed by atoms with van der Waals surface area (Å²) in [5.41, 5.74) is 6.07. The fourth-order valence-electron chi connectivity index (χ4n) is 1.68. The standard InChI is InChI=1S/C13H18FNO4/c1-7(2)19-13-9(10(15)6-12(16)17)4-8(14)5-11(13)18-3/h4-5,7,10H,6,15H2,1-3H3,(H,16,17). The molecule has 0 aliphatic heterocycles. The highest BCUT2D eigenvalue weighted by Crippen LogP contribution is 2.37. The number of aliphatic carboxylic acids is 1. The third-order valence-electron chi connectivity index (χ3n) is 2.42. The van der Waals surface area contributed by atoms with E-state index in [-0.39, 0.29) is 29.6 Å². The Bertz CT molecular complexity index is 462. The first-order valence-electron chi connectivity index (χ1n) is 5.86. The van der Waals surface area contributed by atoms with Gasteiger partial charge in [-0.1, -0.05) is 0 Å². The Morgan fingerprint density at radius 2 is 2.11 bits per heavy atom. The van der Waals surface area contributed by atoms with Crippen molar-refractivity contribution in [1.82, 2.24) is 0 Å². The zero-order valence-electron chi connectivity index (χ0n) is 11.1. The number of nitrogens with two attached hydrogens (primary N) is 1. The number of hydrogen-bond acceptors (Lipinski definition) is 4. The molecule has 0 fully saturated rings. The van der Waals surface area contributed by atoms with Crippen molar-refractivity contribution in [2.24, 2.45) is 5.73 Å². The van der Waals surface area contributed by atoms with Crippen molar-refractivity contribution in [1.29, 1.82) is 0 Å². The number of benzene rings is 1. The number of carboxylic acids is 1. The largest absolute Gasteiger partial charge is 0.493 e. The quantitative estimate of drug-likeness (QED) is 0.828. The predicted octanol–water partition coefficient (Wildman–Crippen LogP) is 2.10. The first-order chi connectivity index (χ1) is 8.85. The molecule has 1 aromatic carbocycles. The minimum Gasteiger partial charge on any atom is -0.493 e. The van der Waals surface area contributed by atoms with Crippen LogP contribution in [0.1, 0.15) is 31.9 Å². The van der Waals surface area contributed by atoms with Crippen molar-refractivity contribution >= 4 is 5.97 Å². The Hall–Kier alpha value is -1.82. The number of carbonyl (C=O) groups is 1. The van der Waals surface area contributed by atoms with Crippen molar-refractivity contribution in [3.63, 3.8) is 0 Å². The van der Waals surface area contributed by atoms with Crippen LogP contribution in [-0.2, 0) is 4.79 Å². The summed E-state index contributed by atoms with van der Waals surface area (Å²) in [6, 6.07) is 1.48. The molecule has 0 aliphatic rings. The molecular formula is C13H18FNO4. The van der Waals surface area contributed by atoms with Crippen LogP contribution in [0.4, 0.5) is 4.39 Å². The lowest BCUT2D eigenvalue weighted by molar-refractivity contribution is -0.137. The fourth-order valence-corrected chi connectivity index (χ4v) is 1.68. The van der Waals surface area contributed by atoms with Crippen LogP contribution in [0.2, 0.25) is 0 Å². The lowest BCUT2D eigenvalue weighted by Gasteiger charge is -2.20. The Kier molecular flexibility index (Phi) is 5.11. The maximum Gasteiger partial charge on any atom is 0.305 e. The van der Waals surface area contributed by atoms with Crippen molar-refractivity contribution < 1.29 is 23.8 Å². The van der Waals surface area contributed by atoms with E-state index in [9.17, 15) is 9.18 Å². The smallest absolute Gasteiger partial charge is 0.305 e. The van der Waals surface area contributed by atoms with Gasteiger partial charge >= 0.3 is 5.97 Å². The van der Waals surface area contributed by atoms with Crippen LogP contribution in [0, 0.1) is 5.82 Å². The van der Waals surface area contributed by atoms with Gasteiger partial charge in [-0.15, -0.1) is 0 Å². The third-order valence-corrected chi connectivity index (χ3v) is 2.42. The van der Waals surface area contributed by atoms with Gasteiger partial charge in [-0.2, -0.15) is 0 Å². The van der Waals surface area contributed by atoms with Crippen molar-refractivity contribution in [3.05, 3.63) is 23.5 Å². The van der Waals surface area contributed by atoms with Crippen LogP contribution >= 0.6 is 0 Å². The van der Waals surface area contributed by atoms with E-state index in [0.717, 1.165) is 0 Å². The number of rotatable bonds is 6. The van der Waals surface area contributed by atoms with Gasteiger partial charge in [0.1, 0.15) is 5.82 Å². The Morgan fingerprint density at radius 1 is 1.47 bits per heavy atom. The second kappa shape index (κ2) is 6.38. The van der Waals surface area contributed by atoms with Crippen LogP contribution < -0.4 is 15.2 Å². The van der Waals surface area contributed by atoms with Gasteiger partial charge in [-0.3, -0.25) is 4.79 Å². The van der Waals surface area contributed by atoms with E-state index in [4.69, 9.17) is 20.3 Å². The zero-order chi connectivity index (χ0) is 14.6. The molecule has 0 heterocycles. The van der Waals surface area contributed by atoms with Crippen LogP contribution in [0.3, 0.4) is 0 Å². The average Bonchev–Trinajstić information content (AvgIpc) is 2.29. The molecule has 1 unspecified atom stereocenters. The number of methoxy groups -OCH3 is 1. The summed E-state index contributed by atoms with van der Waals surface area (Å²) in [7, 11) is 1.38.